The zero-order chi connectivity index (χ0) is 22.9. The van der Waals surface area contributed by atoms with Gasteiger partial charge < -0.3 is 28.8 Å². The van der Waals surface area contributed by atoms with E-state index in [4.69, 9.17) is 28.8 Å². The molecule has 0 bridgehead atoms. The summed E-state index contributed by atoms with van der Waals surface area (Å²) in [6, 6.07) is 8.77. The topological polar surface area (TPSA) is 113 Å². The van der Waals surface area contributed by atoms with Crippen molar-refractivity contribution >= 4 is 17.7 Å². The number of hydrogen-bond donors (Lipinski definition) is 2. The summed E-state index contributed by atoms with van der Waals surface area (Å²) >= 11 is 0. The van der Waals surface area contributed by atoms with Gasteiger partial charge in [0.2, 0.25) is 6.79 Å². The molecule has 2 N–H and O–H groups in total. The van der Waals surface area contributed by atoms with Crippen molar-refractivity contribution in [2.24, 2.45) is 0 Å². The van der Waals surface area contributed by atoms with Crippen molar-refractivity contribution < 1.29 is 38.4 Å². The van der Waals surface area contributed by atoms with Gasteiger partial charge >= 0.3 is 12.1 Å². The molecule has 2 aromatic carbocycles. The van der Waals surface area contributed by atoms with Crippen LogP contribution in [0.2, 0.25) is 0 Å². The molecule has 0 fully saturated rings. The lowest BCUT2D eigenvalue weighted by molar-refractivity contribution is -0.137. The monoisotopic (exact) mass is 443 g/mol. The second-order valence-corrected chi connectivity index (χ2v) is 8.59. The molecule has 32 heavy (non-hydrogen) atoms. The van der Waals surface area contributed by atoms with Gasteiger partial charge in [0.25, 0.3) is 0 Å². The molecule has 1 amide bonds. The number of amides is 1. The maximum atomic E-state index is 12.1. The van der Waals surface area contributed by atoms with Crippen molar-refractivity contribution in [3.8, 4) is 23.0 Å². The van der Waals surface area contributed by atoms with Crippen molar-refractivity contribution in [1.29, 1.82) is 0 Å². The first-order valence-corrected chi connectivity index (χ1v) is 10.2. The van der Waals surface area contributed by atoms with Gasteiger partial charge in [-0.3, -0.25) is 10.1 Å². The molecule has 0 spiro atoms. The number of nitrogens with one attached hydrogen (secondary N) is 1. The Kier molecular flexibility index (Phi) is 5.73. The van der Waals surface area contributed by atoms with E-state index in [1.165, 1.54) is 0 Å². The average Bonchev–Trinajstić information content (AvgIpc) is 3.31. The zero-order valence-corrected chi connectivity index (χ0v) is 18.1. The number of carbonyl (C=O) groups is 2. The second-order valence-electron chi connectivity index (χ2n) is 8.59. The standard InChI is InChI=1S/C23H25NO8/c1-23(2,3)32-22(27)24-15-6-14(21-19(8-15)30-12-31-21)11-28-16-4-5-17-13(7-20(25)26)10-29-18(17)9-16/h4-6,8-9,13H,7,10-12H2,1-3H3,(H,24,27)(H,25,26). The summed E-state index contributed by atoms with van der Waals surface area (Å²) in [5.41, 5.74) is 1.43. The van der Waals surface area contributed by atoms with Crippen LogP contribution in [-0.4, -0.2) is 36.2 Å². The third-order valence-corrected chi connectivity index (χ3v) is 4.87. The molecule has 0 aromatic heterocycles. The average molecular weight is 443 g/mol. The van der Waals surface area contributed by atoms with E-state index in [0.717, 1.165) is 5.56 Å². The van der Waals surface area contributed by atoms with Crippen molar-refractivity contribution in [3.63, 3.8) is 0 Å². The Morgan fingerprint density at radius 2 is 1.94 bits per heavy atom. The van der Waals surface area contributed by atoms with Gasteiger partial charge in [0.15, 0.2) is 11.5 Å². The molecule has 2 aliphatic heterocycles. The van der Waals surface area contributed by atoms with Gasteiger partial charge in [-0.2, -0.15) is 0 Å². The van der Waals surface area contributed by atoms with E-state index in [-0.39, 0.29) is 25.7 Å². The lowest BCUT2D eigenvalue weighted by Gasteiger charge is -2.20. The van der Waals surface area contributed by atoms with Gasteiger partial charge in [-0.15, -0.1) is 0 Å². The van der Waals surface area contributed by atoms with E-state index in [1.807, 2.05) is 6.07 Å². The summed E-state index contributed by atoms with van der Waals surface area (Å²) in [4.78, 5) is 23.1. The van der Waals surface area contributed by atoms with Crippen molar-refractivity contribution in [2.45, 2.75) is 45.3 Å². The SMILES string of the molecule is CC(C)(C)OC(=O)Nc1cc(COc2ccc3c(c2)OCC3CC(=O)O)c2c(c1)OCO2. The van der Waals surface area contributed by atoms with E-state index in [0.29, 0.717) is 40.9 Å². The number of anilines is 1. The van der Waals surface area contributed by atoms with E-state index < -0.39 is 17.7 Å². The van der Waals surface area contributed by atoms with Gasteiger partial charge in [0, 0.05) is 34.9 Å². The summed E-state index contributed by atoms with van der Waals surface area (Å²) < 4.78 is 27.9. The molecule has 4 rings (SSSR count). The van der Waals surface area contributed by atoms with Gasteiger partial charge in [-0.25, -0.2) is 4.79 Å². The van der Waals surface area contributed by atoms with Crippen LogP contribution >= 0.6 is 0 Å². The Morgan fingerprint density at radius 3 is 2.69 bits per heavy atom. The number of carboxylic acid groups (broad SMARTS) is 1. The highest BCUT2D eigenvalue weighted by Crippen LogP contribution is 2.41. The molecule has 2 heterocycles. The van der Waals surface area contributed by atoms with Gasteiger partial charge in [-0.05, 0) is 32.9 Å². The number of rotatable bonds is 6. The molecular weight excluding hydrogens is 418 g/mol. The van der Waals surface area contributed by atoms with Crippen molar-refractivity contribution in [1.82, 2.24) is 0 Å². The summed E-state index contributed by atoms with van der Waals surface area (Å²) in [6.45, 7) is 5.94. The van der Waals surface area contributed by atoms with Crippen LogP contribution in [0.5, 0.6) is 23.0 Å². The maximum Gasteiger partial charge on any atom is 0.412 e. The minimum Gasteiger partial charge on any atom is -0.492 e. The smallest absolute Gasteiger partial charge is 0.412 e. The van der Waals surface area contributed by atoms with Crippen molar-refractivity contribution in [2.75, 3.05) is 18.7 Å². The van der Waals surface area contributed by atoms with Crippen LogP contribution in [0, 0.1) is 0 Å². The van der Waals surface area contributed by atoms with Gasteiger partial charge in [0.1, 0.15) is 23.7 Å². The number of benzene rings is 2. The third-order valence-electron chi connectivity index (χ3n) is 4.87. The van der Waals surface area contributed by atoms with E-state index in [9.17, 15) is 9.59 Å². The molecule has 1 atom stereocenters. The predicted molar refractivity (Wildman–Crippen MR) is 114 cm³/mol. The highest BCUT2D eigenvalue weighted by Gasteiger charge is 2.27. The van der Waals surface area contributed by atoms with E-state index >= 15 is 0 Å². The Hall–Kier alpha value is -3.62. The molecule has 2 aliphatic rings. The first-order chi connectivity index (χ1) is 15.2. The number of aliphatic carboxylic acids is 1. The molecule has 170 valence electrons. The van der Waals surface area contributed by atoms with Crippen LogP contribution in [0.3, 0.4) is 0 Å². The highest BCUT2D eigenvalue weighted by molar-refractivity contribution is 5.86. The lowest BCUT2D eigenvalue weighted by Crippen LogP contribution is -2.27. The summed E-state index contributed by atoms with van der Waals surface area (Å²) in [5, 5.41) is 11.7. The molecule has 0 saturated heterocycles. The number of carbonyl (C=O) groups excluding carboxylic acids is 1. The molecule has 2 aromatic rings. The molecule has 9 heteroatoms. The predicted octanol–water partition coefficient (Wildman–Crippen LogP) is 4.29. The molecule has 9 nitrogen and oxygen atoms in total. The van der Waals surface area contributed by atoms with Crippen LogP contribution in [0.25, 0.3) is 0 Å². The third kappa shape index (κ3) is 4.99. The fraction of sp³-hybridized carbons (Fsp3) is 0.391. The van der Waals surface area contributed by atoms with Crippen LogP contribution in [0.1, 0.15) is 44.2 Å². The maximum absolute atomic E-state index is 12.1. The first-order valence-electron chi connectivity index (χ1n) is 10.2. The Morgan fingerprint density at radius 1 is 1.12 bits per heavy atom. The fourth-order valence-electron chi connectivity index (χ4n) is 3.57. The summed E-state index contributed by atoms with van der Waals surface area (Å²) in [7, 11) is 0. The number of fused-ring (bicyclic) bond motifs is 2. The molecule has 0 saturated carbocycles. The lowest BCUT2D eigenvalue weighted by atomic mass is 9.98. The minimum absolute atomic E-state index is 0.0219. The number of hydrogen-bond acceptors (Lipinski definition) is 7. The highest BCUT2D eigenvalue weighted by atomic mass is 16.7. The molecule has 1 unspecified atom stereocenters. The normalized spacial score (nSPS) is 16.2. The molecule has 0 aliphatic carbocycles. The van der Waals surface area contributed by atoms with Gasteiger partial charge in [0.05, 0.1) is 13.0 Å². The van der Waals surface area contributed by atoms with Crippen LogP contribution in [0.4, 0.5) is 10.5 Å². The fourth-order valence-corrected chi connectivity index (χ4v) is 3.57. The van der Waals surface area contributed by atoms with Crippen molar-refractivity contribution in [3.05, 3.63) is 41.5 Å². The van der Waals surface area contributed by atoms with Crippen LogP contribution < -0.4 is 24.3 Å². The zero-order valence-electron chi connectivity index (χ0n) is 18.1. The Balaban J connectivity index is 1.47. The van der Waals surface area contributed by atoms with Crippen LogP contribution in [-0.2, 0) is 16.1 Å². The van der Waals surface area contributed by atoms with Crippen LogP contribution in [0.15, 0.2) is 30.3 Å². The second kappa shape index (κ2) is 8.49. The molecule has 0 radical (unpaired) electrons. The summed E-state index contributed by atoms with van der Waals surface area (Å²) in [6.07, 6.45) is -0.552. The largest absolute Gasteiger partial charge is 0.492 e. The quantitative estimate of drug-likeness (QED) is 0.680. The Bertz CT molecular complexity index is 1040. The minimum atomic E-state index is -0.859. The summed E-state index contributed by atoms with van der Waals surface area (Å²) in [5.74, 6) is 1.23. The van der Waals surface area contributed by atoms with E-state index in [2.05, 4.69) is 5.32 Å². The first kappa shape index (κ1) is 21.6. The van der Waals surface area contributed by atoms with Gasteiger partial charge in [-0.1, -0.05) is 6.07 Å². The molecular formula is C23H25NO8. The number of ether oxygens (including phenoxy) is 5. The Labute approximate surface area is 185 Å². The number of carboxylic acids is 1. The van der Waals surface area contributed by atoms with E-state index in [1.54, 1.807) is 45.0 Å².